The van der Waals surface area contributed by atoms with Crippen LogP contribution in [-0.4, -0.2) is 23.0 Å². The Bertz CT molecular complexity index is 330. The first-order valence-electron chi connectivity index (χ1n) is 5.38. The lowest BCUT2D eigenvalue weighted by Gasteiger charge is -2.20. The molecule has 0 fully saturated rings. The first-order valence-corrected chi connectivity index (χ1v) is 5.38. The molecule has 0 atom stereocenters. The molecule has 0 aromatic carbocycles. The lowest BCUT2D eigenvalue weighted by Crippen LogP contribution is -2.44. The van der Waals surface area contributed by atoms with Gasteiger partial charge in [0.25, 0.3) is 0 Å². The van der Waals surface area contributed by atoms with Crippen LogP contribution in [-0.2, 0) is 11.3 Å². The van der Waals surface area contributed by atoms with Crippen LogP contribution in [0, 0.1) is 0 Å². The summed E-state index contributed by atoms with van der Waals surface area (Å²) in [7, 11) is 0. The average molecular weight is 221 g/mol. The Morgan fingerprint density at radius 3 is 2.50 bits per heavy atom. The molecule has 0 saturated heterocycles. The molecule has 4 heteroatoms. The maximum atomic E-state index is 11.5. The zero-order valence-electron chi connectivity index (χ0n) is 10.1. The molecule has 2 N–H and O–H groups in total. The van der Waals surface area contributed by atoms with Gasteiger partial charge in [0.15, 0.2) is 0 Å². The van der Waals surface area contributed by atoms with Gasteiger partial charge in [-0.2, -0.15) is 0 Å². The van der Waals surface area contributed by atoms with Gasteiger partial charge in [-0.15, -0.1) is 0 Å². The van der Waals surface area contributed by atoms with E-state index in [1.54, 1.807) is 12.4 Å². The Morgan fingerprint density at radius 1 is 1.31 bits per heavy atom. The van der Waals surface area contributed by atoms with E-state index in [9.17, 15) is 4.79 Å². The lowest BCUT2D eigenvalue weighted by atomic mass is 10.1. The molecule has 0 aliphatic carbocycles. The van der Waals surface area contributed by atoms with E-state index >= 15 is 0 Å². The molecule has 0 unspecified atom stereocenters. The van der Waals surface area contributed by atoms with Gasteiger partial charge in [0.2, 0.25) is 5.91 Å². The Labute approximate surface area is 96.5 Å². The van der Waals surface area contributed by atoms with Gasteiger partial charge >= 0.3 is 0 Å². The second-order valence-corrected chi connectivity index (χ2v) is 4.76. The number of hydrogen-bond acceptors (Lipinski definition) is 3. The van der Waals surface area contributed by atoms with Crippen LogP contribution in [0.2, 0.25) is 0 Å². The molecule has 0 radical (unpaired) electrons. The zero-order chi connectivity index (χ0) is 12.0. The summed E-state index contributed by atoms with van der Waals surface area (Å²) >= 11 is 0. The third-order valence-electron chi connectivity index (χ3n) is 1.88. The van der Waals surface area contributed by atoms with E-state index in [2.05, 4.69) is 15.6 Å². The molecule has 0 saturated carbocycles. The van der Waals surface area contributed by atoms with E-state index in [0.29, 0.717) is 13.1 Å². The highest BCUT2D eigenvalue weighted by Gasteiger charge is 2.12. The zero-order valence-corrected chi connectivity index (χ0v) is 10.1. The highest BCUT2D eigenvalue weighted by Crippen LogP contribution is 1.98. The number of pyridine rings is 1. The Morgan fingerprint density at radius 2 is 1.94 bits per heavy atom. The summed E-state index contributed by atoms with van der Waals surface area (Å²) < 4.78 is 0. The molecule has 0 bridgehead atoms. The number of aromatic nitrogens is 1. The first kappa shape index (κ1) is 12.6. The third-order valence-corrected chi connectivity index (χ3v) is 1.88. The van der Waals surface area contributed by atoms with Gasteiger partial charge in [-0.3, -0.25) is 9.78 Å². The summed E-state index contributed by atoms with van der Waals surface area (Å²) in [5.41, 5.74) is 0.952. The minimum atomic E-state index is -0.171. The third kappa shape index (κ3) is 5.46. The van der Waals surface area contributed by atoms with Crippen molar-refractivity contribution in [1.82, 2.24) is 15.6 Å². The Kier molecular flexibility index (Phi) is 4.43. The Hall–Kier alpha value is -1.42. The molecule has 1 aromatic heterocycles. The molecular weight excluding hydrogens is 202 g/mol. The van der Waals surface area contributed by atoms with Crippen molar-refractivity contribution in [2.75, 3.05) is 6.54 Å². The molecule has 0 aliphatic heterocycles. The van der Waals surface area contributed by atoms with E-state index in [0.717, 1.165) is 5.56 Å². The second-order valence-electron chi connectivity index (χ2n) is 4.76. The number of nitrogens with one attached hydrogen (secondary N) is 2. The fraction of sp³-hybridized carbons (Fsp3) is 0.500. The van der Waals surface area contributed by atoms with Crippen molar-refractivity contribution in [2.45, 2.75) is 32.9 Å². The quantitative estimate of drug-likeness (QED) is 0.800. The molecule has 0 spiro atoms. The molecule has 88 valence electrons. The number of carbonyl (C=O) groups excluding carboxylic acids is 1. The summed E-state index contributed by atoms with van der Waals surface area (Å²) in [6.45, 7) is 6.91. The molecule has 1 amide bonds. The largest absolute Gasteiger partial charge is 0.350 e. The van der Waals surface area contributed by atoms with Gasteiger partial charge in [0, 0.05) is 24.5 Å². The van der Waals surface area contributed by atoms with Crippen LogP contribution >= 0.6 is 0 Å². The predicted molar refractivity (Wildman–Crippen MR) is 63.8 cm³/mol. The van der Waals surface area contributed by atoms with E-state index in [1.165, 1.54) is 0 Å². The number of nitrogens with zero attached hydrogens (tertiary/aromatic N) is 1. The highest BCUT2D eigenvalue weighted by molar-refractivity contribution is 5.78. The topological polar surface area (TPSA) is 54.0 Å². The monoisotopic (exact) mass is 221 g/mol. The molecule has 1 rings (SSSR count). The molecule has 1 aromatic rings. The van der Waals surface area contributed by atoms with Gasteiger partial charge in [0.1, 0.15) is 0 Å². The van der Waals surface area contributed by atoms with Crippen LogP contribution in [0.15, 0.2) is 24.5 Å². The highest BCUT2D eigenvalue weighted by atomic mass is 16.2. The molecule has 0 aliphatic rings. The summed E-state index contributed by atoms with van der Waals surface area (Å²) in [6.07, 6.45) is 3.48. The SMILES string of the molecule is CC(C)(C)NC(=O)CNCc1ccncc1. The van der Waals surface area contributed by atoms with Crippen LogP contribution in [0.4, 0.5) is 0 Å². The van der Waals surface area contributed by atoms with Crippen molar-refractivity contribution in [3.05, 3.63) is 30.1 Å². The summed E-state index contributed by atoms with van der Waals surface area (Å²) in [4.78, 5) is 15.4. The maximum absolute atomic E-state index is 11.5. The van der Waals surface area contributed by atoms with Crippen molar-refractivity contribution < 1.29 is 4.79 Å². The van der Waals surface area contributed by atoms with Crippen molar-refractivity contribution >= 4 is 5.91 Å². The van der Waals surface area contributed by atoms with Gasteiger partial charge < -0.3 is 10.6 Å². The van der Waals surface area contributed by atoms with Crippen LogP contribution in [0.3, 0.4) is 0 Å². The first-order chi connectivity index (χ1) is 7.47. The van der Waals surface area contributed by atoms with E-state index in [1.807, 2.05) is 32.9 Å². The van der Waals surface area contributed by atoms with Crippen molar-refractivity contribution in [2.24, 2.45) is 0 Å². The number of rotatable bonds is 4. The molecule has 4 nitrogen and oxygen atoms in total. The molecule has 16 heavy (non-hydrogen) atoms. The molecule has 1 heterocycles. The van der Waals surface area contributed by atoms with Gasteiger partial charge in [-0.1, -0.05) is 0 Å². The van der Waals surface area contributed by atoms with Gasteiger partial charge in [-0.25, -0.2) is 0 Å². The predicted octanol–water partition coefficient (Wildman–Crippen LogP) is 1.09. The number of carbonyl (C=O) groups is 1. The van der Waals surface area contributed by atoms with E-state index in [4.69, 9.17) is 0 Å². The average Bonchev–Trinajstić information content (AvgIpc) is 2.16. The fourth-order valence-electron chi connectivity index (χ4n) is 1.28. The summed E-state index contributed by atoms with van der Waals surface area (Å²) in [6, 6.07) is 3.85. The molecular formula is C12H19N3O. The maximum Gasteiger partial charge on any atom is 0.234 e. The number of amides is 1. The smallest absolute Gasteiger partial charge is 0.234 e. The van der Waals surface area contributed by atoms with Gasteiger partial charge in [-0.05, 0) is 38.5 Å². The summed E-state index contributed by atoms with van der Waals surface area (Å²) in [5.74, 6) is 0.0153. The normalized spacial score (nSPS) is 11.2. The fourth-order valence-corrected chi connectivity index (χ4v) is 1.28. The van der Waals surface area contributed by atoms with Crippen molar-refractivity contribution in [3.63, 3.8) is 0 Å². The van der Waals surface area contributed by atoms with Gasteiger partial charge in [0.05, 0.1) is 6.54 Å². The lowest BCUT2D eigenvalue weighted by molar-refractivity contribution is -0.121. The van der Waals surface area contributed by atoms with Crippen LogP contribution < -0.4 is 10.6 Å². The minimum absolute atomic E-state index is 0.0153. The van der Waals surface area contributed by atoms with Crippen molar-refractivity contribution in [1.29, 1.82) is 0 Å². The van der Waals surface area contributed by atoms with Crippen LogP contribution in [0.25, 0.3) is 0 Å². The Balaban J connectivity index is 2.24. The van der Waals surface area contributed by atoms with E-state index in [-0.39, 0.29) is 11.4 Å². The van der Waals surface area contributed by atoms with E-state index < -0.39 is 0 Å². The minimum Gasteiger partial charge on any atom is -0.350 e. The van der Waals surface area contributed by atoms with Crippen LogP contribution in [0.1, 0.15) is 26.3 Å². The van der Waals surface area contributed by atoms with Crippen molar-refractivity contribution in [3.8, 4) is 0 Å². The summed E-state index contributed by atoms with van der Waals surface area (Å²) in [5, 5.41) is 5.98. The second kappa shape index (κ2) is 5.61. The van der Waals surface area contributed by atoms with Crippen LogP contribution in [0.5, 0.6) is 0 Å². The standard InChI is InChI=1S/C12H19N3O/c1-12(2,3)15-11(16)9-14-8-10-4-6-13-7-5-10/h4-7,14H,8-9H2,1-3H3,(H,15,16). The number of hydrogen-bond donors (Lipinski definition) is 2.